The van der Waals surface area contributed by atoms with E-state index in [0.717, 1.165) is 12.1 Å². The number of hydrogen-bond donors (Lipinski definition) is 1. The van der Waals surface area contributed by atoms with Crippen LogP contribution in [0.25, 0.3) is 5.65 Å². The smallest absolute Gasteiger partial charge is 0.252 e. The highest BCUT2D eigenvalue weighted by Gasteiger charge is 2.08. The number of carbonyl (C=O) groups is 1. The molecule has 0 aliphatic rings. The molecular formula is C17H20FN3O. The first-order chi connectivity index (χ1) is 10.5. The number of halogens is 1. The van der Waals surface area contributed by atoms with Crippen molar-refractivity contribution >= 4 is 11.6 Å². The minimum absolute atomic E-state index is 0. The maximum Gasteiger partial charge on any atom is 0.252 e. The zero-order chi connectivity index (χ0) is 16.1. The summed E-state index contributed by atoms with van der Waals surface area (Å²) >= 11 is 0. The predicted molar refractivity (Wildman–Crippen MR) is 86.3 cm³/mol. The molecule has 3 aromatic rings. The summed E-state index contributed by atoms with van der Waals surface area (Å²) in [6.45, 7) is 3.99. The molecule has 0 atom stereocenters. The van der Waals surface area contributed by atoms with Gasteiger partial charge in [0.25, 0.3) is 5.91 Å². The third kappa shape index (κ3) is 3.49. The highest BCUT2D eigenvalue weighted by atomic mass is 19.1. The Hall–Kier alpha value is -2.69. The molecule has 4 nitrogen and oxygen atoms in total. The Morgan fingerprint density at radius 3 is 2.55 bits per heavy atom. The van der Waals surface area contributed by atoms with Crippen LogP contribution < -0.4 is 5.73 Å². The molecule has 2 aromatic heterocycles. The first-order valence-corrected chi connectivity index (χ1v) is 7.00. The van der Waals surface area contributed by atoms with Gasteiger partial charge in [-0.05, 0) is 43.2 Å². The number of carbonyl (C=O) groups excluding carboxylic acids is 1. The fourth-order valence-corrected chi connectivity index (χ4v) is 2.05. The fraction of sp³-hybridized carbons (Fsp3) is 0.176. The van der Waals surface area contributed by atoms with E-state index in [4.69, 9.17) is 5.73 Å². The van der Waals surface area contributed by atoms with E-state index >= 15 is 0 Å². The van der Waals surface area contributed by atoms with Gasteiger partial charge in [-0.2, -0.15) is 0 Å². The highest BCUT2D eigenvalue weighted by molar-refractivity contribution is 5.98. The van der Waals surface area contributed by atoms with Gasteiger partial charge in [0.15, 0.2) is 0 Å². The first kappa shape index (κ1) is 15.7. The Labute approximate surface area is 129 Å². The van der Waals surface area contributed by atoms with E-state index in [0.29, 0.717) is 11.2 Å². The Kier molecular flexibility index (Phi) is 4.88. The monoisotopic (exact) mass is 301 g/mol. The van der Waals surface area contributed by atoms with Crippen LogP contribution in [-0.4, -0.2) is 15.3 Å². The zero-order valence-electron chi connectivity index (χ0n) is 12.6. The van der Waals surface area contributed by atoms with Crippen molar-refractivity contribution in [2.24, 2.45) is 5.73 Å². The summed E-state index contributed by atoms with van der Waals surface area (Å²) in [4.78, 5) is 15.0. The molecule has 116 valence electrons. The summed E-state index contributed by atoms with van der Waals surface area (Å²) in [5.74, 6) is -0.604. The number of amides is 1. The molecule has 0 radical (unpaired) electrons. The maximum absolute atomic E-state index is 12.2. The van der Waals surface area contributed by atoms with Crippen LogP contribution in [0.3, 0.4) is 0 Å². The van der Waals surface area contributed by atoms with Gasteiger partial charge in [0.1, 0.15) is 11.5 Å². The molecule has 0 spiro atoms. The Balaban J connectivity index is 0.000000235. The molecule has 0 aliphatic heterocycles. The van der Waals surface area contributed by atoms with E-state index in [1.54, 1.807) is 30.6 Å². The molecule has 0 aliphatic carbocycles. The molecular weight excluding hydrogens is 281 g/mol. The van der Waals surface area contributed by atoms with E-state index < -0.39 is 5.91 Å². The van der Waals surface area contributed by atoms with Crippen molar-refractivity contribution in [2.45, 2.75) is 20.3 Å². The van der Waals surface area contributed by atoms with Gasteiger partial charge >= 0.3 is 0 Å². The van der Waals surface area contributed by atoms with Crippen molar-refractivity contribution < 1.29 is 10.6 Å². The van der Waals surface area contributed by atoms with Gasteiger partial charge in [-0.15, -0.1) is 0 Å². The normalized spacial score (nSPS) is 10.1. The molecule has 5 heteroatoms. The van der Waals surface area contributed by atoms with Crippen LogP contribution in [0, 0.1) is 12.7 Å². The Bertz CT molecular complexity index is 784. The van der Waals surface area contributed by atoms with Gasteiger partial charge in [0, 0.05) is 19.5 Å². The lowest BCUT2D eigenvalue weighted by molar-refractivity contribution is 0.100. The van der Waals surface area contributed by atoms with Crippen molar-refractivity contribution in [2.75, 3.05) is 0 Å². The Morgan fingerprint density at radius 1 is 1.27 bits per heavy atom. The summed E-state index contributed by atoms with van der Waals surface area (Å²) in [6.07, 6.45) is 4.43. The number of nitrogens with zero attached hydrogens (tertiary/aromatic N) is 2. The van der Waals surface area contributed by atoms with Gasteiger partial charge in [-0.3, -0.25) is 4.79 Å². The molecule has 1 amide bonds. The summed E-state index contributed by atoms with van der Waals surface area (Å²) < 4.78 is 14.1. The molecule has 0 saturated carbocycles. The van der Waals surface area contributed by atoms with Gasteiger partial charge in [-0.1, -0.05) is 19.1 Å². The molecule has 2 N–H and O–H groups in total. The quantitative estimate of drug-likeness (QED) is 0.789. The summed E-state index contributed by atoms with van der Waals surface area (Å²) in [7, 11) is 0. The molecule has 0 unspecified atom stereocenters. The molecule has 0 fully saturated rings. The van der Waals surface area contributed by atoms with Gasteiger partial charge in [-0.25, -0.2) is 9.37 Å². The summed E-state index contributed by atoms with van der Waals surface area (Å²) in [5.41, 5.74) is 8.46. The van der Waals surface area contributed by atoms with Crippen LogP contribution in [0.1, 0.15) is 30.0 Å². The lowest BCUT2D eigenvalue weighted by atomic mass is 10.2. The maximum atomic E-state index is 12.2. The number of aryl methyl sites for hydroxylation is 2. The second kappa shape index (κ2) is 6.85. The first-order valence-electron chi connectivity index (χ1n) is 7.00. The van der Waals surface area contributed by atoms with Crippen molar-refractivity contribution in [3.63, 3.8) is 0 Å². The summed E-state index contributed by atoms with van der Waals surface area (Å²) in [5, 5.41) is 0. The van der Waals surface area contributed by atoms with Crippen molar-refractivity contribution in [3.05, 3.63) is 71.4 Å². The highest BCUT2D eigenvalue weighted by Crippen LogP contribution is 2.10. The van der Waals surface area contributed by atoms with Crippen LogP contribution in [0.2, 0.25) is 0 Å². The molecule has 22 heavy (non-hydrogen) atoms. The van der Waals surface area contributed by atoms with E-state index in [-0.39, 0.29) is 7.24 Å². The summed E-state index contributed by atoms with van der Waals surface area (Å²) in [6, 6.07) is 10.1. The number of aromatic nitrogens is 2. The van der Waals surface area contributed by atoms with E-state index in [2.05, 4.69) is 4.98 Å². The minimum Gasteiger partial charge on any atom is -0.365 e. The lowest BCUT2D eigenvalue weighted by Crippen LogP contribution is -2.11. The number of hydrogen-bond acceptors (Lipinski definition) is 2. The average Bonchev–Trinajstić information content (AvgIpc) is 2.94. The van der Waals surface area contributed by atoms with Crippen LogP contribution >= 0.6 is 0 Å². The number of fused-ring (bicyclic) bond motifs is 1. The van der Waals surface area contributed by atoms with Gasteiger partial charge in [0.05, 0.1) is 5.56 Å². The number of nitrogens with two attached hydrogens (primary N) is 1. The third-order valence-corrected chi connectivity index (χ3v) is 3.34. The number of rotatable bonds is 2. The Morgan fingerprint density at radius 2 is 1.95 bits per heavy atom. The average molecular weight is 301 g/mol. The van der Waals surface area contributed by atoms with Crippen molar-refractivity contribution in [1.29, 1.82) is 0 Å². The molecule has 3 rings (SSSR count). The van der Waals surface area contributed by atoms with Gasteiger partial charge in [0.2, 0.25) is 0 Å². The van der Waals surface area contributed by atoms with E-state index in [9.17, 15) is 9.18 Å². The van der Waals surface area contributed by atoms with E-state index in [1.165, 1.54) is 17.7 Å². The van der Waals surface area contributed by atoms with Crippen LogP contribution in [-0.2, 0) is 6.42 Å². The lowest BCUT2D eigenvalue weighted by Gasteiger charge is -1.98. The molecule has 0 bridgehead atoms. The zero-order valence-corrected chi connectivity index (χ0v) is 12.6. The minimum atomic E-state index is -0.444. The van der Waals surface area contributed by atoms with E-state index in [1.807, 2.05) is 24.3 Å². The molecule has 2 heterocycles. The van der Waals surface area contributed by atoms with Gasteiger partial charge < -0.3 is 10.1 Å². The second-order valence-electron chi connectivity index (χ2n) is 4.85. The fourth-order valence-electron chi connectivity index (χ4n) is 2.05. The second-order valence-corrected chi connectivity index (χ2v) is 4.85. The third-order valence-electron chi connectivity index (χ3n) is 3.34. The van der Waals surface area contributed by atoms with Crippen molar-refractivity contribution in [3.8, 4) is 0 Å². The van der Waals surface area contributed by atoms with Crippen molar-refractivity contribution in [1.82, 2.24) is 9.38 Å². The number of benzene rings is 1. The van der Waals surface area contributed by atoms with Crippen LogP contribution in [0.15, 0.2) is 48.8 Å². The largest absolute Gasteiger partial charge is 0.365 e. The molecule has 0 saturated heterocycles. The molecule has 1 aromatic carbocycles. The standard InChI is InChI=1S/C9H9N3O.C8H9F.H2/c1-6-2-4-11-9-7(8(10)13)3-5-12(6)9;1-2-7-3-5-8(9)6-4-7;/h2-5H,1H3,(H2,10,13);3-6H,2H2,1H3;1H. The van der Waals surface area contributed by atoms with Crippen LogP contribution in [0.4, 0.5) is 4.39 Å². The predicted octanol–water partition coefficient (Wildman–Crippen LogP) is 3.38. The van der Waals surface area contributed by atoms with Crippen LogP contribution in [0.5, 0.6) is 0 Å². The number of primary amides is 1. The SMILES string of the molecule is CCc1ccc(F)cc1.Cc1ccnc2c(C(N)=O)ccn12.[HH]. The topological polar surface area (TPSA) is 60.4 Å².